The minimum Gasteiger partial charge on any atom is -0.300 e. The highest BCUT2D eigenvalue weighted by Crippen LogP contribution is 2.35. The third-order valence-corrected chi connectivity index (χ3v) is 5.26. The van der Waals surface area contributed by atoms with Crippen molar-refractivity contribution >= 4 is 22.4 Å². The van der Waals surface area contributed by atoms with Crippen LogP contribution in [0.1, 0.15) is 54.2 Å². The molecule has 1 aromatic carbocycles. The zero-order chi connectivity index (χ0) is 17.9. The SMILES string of the molecule is O=C(Cc1cccc(C(F)(F)F)c1)Nc1nnc(C2CCCCC2)s1. The van der Waals surface area contributed by atoms with E-state index in [0.29, 0.717) is 16.6 Å². The fraction of sp³-hybridized carbons (Fsp3) is 0.471. The Labute approximate surface area is 147 Å². The predicted octanol–water partition coefficient (Wildman–Crippen LogP) is 4.79. The summed E-state index contributed by atoms with van der Waals surface area (Å²) in [6, 6.07) is 4.79. The van der Waals surface area contributed by atoms with E-state index in [0.717, 1.165) is 30.0 Å². The summed E-state index contributed by atoms with van der Waals surface area (Å²) in [6.45, 7) is 0. The molecule has 1 fully saturated rings. The highest BCUT2D eigenvalue weighted by atomic mass is 32.1. The lowest BCUT2D eigenvalue weighted by molar-refractivity contribution is -0.137. The Hall–Kier alpha value is -1.96. The Bertz CT molecular complexity index is 739. The van der Waals surface area contributed by atoms with Gasteiger partial charge in [0.05, 0.1) is 12.0 Å². The summed E-state index contributed by atoms with van der Waals surface area (Å²) in [7, 11) is 0. The molecule has 134 valence electrons. The molecule has 0 atom stereocenters. The van der Waals surface area contributed by atoms with Gasteiger partial charge in [0.15, 0.2) is 0 Å². The van der Waals surface area contributed by atoms with Crippen LogP contribution in [0.2, 0.25) is 0 Å². The molecule has 25 heavy (non-hydrogen) atoms. The van der Waals surface area contributed by atoms with E-state index in [-0.39, 0.29) is 6.42 Å². The number of aromatic nitrogens is 2. The van der Waals surface area contributed by atoms with E-state index >= 15 is 0 Å². The quantitative estimate of drug-likeness (QED) is 0.843. The van der Waals surface area contributed by atoms with Gasteiger partial charge in [-0.15, -0.1) is 10.2 Å². The Morgan fingerprint density at radius 2 is 1.96 bits per heavy atom. The van der Waals surface area contributed by atoms with Crippen LogP contribution in [-0.2, 0) is 17.4 Å². The lowest BCUT2D eigenvalue weighted by Gasteiger charge is -2.18. The molecule has 1 aromatic heterocycles. The van der Waals surface area contributed by atoms with Gasteiger partial charge in [-0.3, -0.25) is 4.79 Å². The summed E-state index contributed by atoms with van der Waals surface area (Å²) >= 11 is 1.35. The minimum atomic E-state index is -4.42. The molecule has 4 nitrogen and oxygen atoms in total. The van der Waals surface area contributed by atoms with E-state index < -0.39 is 17.6 Å². The van der Waals surface area contributed by atoms with E-state index in [2.05, 4.69) is 15.5 Å². The van der Waals surface area contributed by atoms with Gasteiger partial charge < -0.3 is 5.32 Å². The molecule has 0 saturated heterocycles. The second kappa shape index (κ2) is 7.51. The van der Waals surface area contributed by atoms with Crippen LogP contribution in [0.25, 0.3) is 0 Å². The maximum atomic E-state index is 12.7. The summed E-state index contributed by atoms with van der Waals surface area (Å²) in [6.07, 6.45) is 1.24. The van der Waals surface area contributed by atoms with Crippen LogP contribution in [0.4, 0.5) is 18.3 Å². The van der Waals surface area contributed by atoms with Gasteiger partial charge in [0.1, 0.15) is 5.01 Å². The topological polar surface area (TPSA) is 54.9 Å². The fourth-order valence-electron chi connectivity index (χ4n) is 3.01. The van der Waals surface area contributed by atoms with Gasteiger partial charge in [0.25, 0.3) is 0 Å². The van der Waals surface area contributed by atoms with Crippen LogP contribution in [0.3, 0.4) is 0 Å². The van der Waals surface area contributed by atoms with Crippen molar-refractivity contribution < 1.29 is 18.0 Å². The number of anilines is 1. The molecule has 1 heterocycles. The third-order valence-electron chi connectivity index (χ3n) is 4.26. The Kier molecular flexibility index (Phi) is 5.36. The normalized spacial score (nSPS) is 16.0. The largest absolute Gasteiger partial charge is 0.416 e. The molecule has 1 saturated carbocycles. The standard InChI is InChI=1S/C17H18F3N3OS/c18-17(19,20)13-8-4-5-11(9-13)10-14(24)21-16-23-22-15(25-16)12-6-2-1-3-7-12/h4-5,8-9,12H,1-3,6-7,10H2,(H,21,23,24). The second-order valence-electron chi connectivity index (χ2n) is 6.20. The summed E-state index contributed by atoms with van der Waals surface area (Å²) in [5.74, 6) is 0.00559. The first-order valence-corrected chi connectivity index (χ1v) is 9.03. The summed E-state index contributed by atoms with van der Waals surface area (Å²) in [5.41, 5.74) is -0.447. The summed E-state index contributed by atoms with van der Waals surface area (Å²) in [5, 5.41) is 12.1. The molecule has 0 aliphatic heterocycles. The van der Waals surface area contributed by atoms with Crippen molar-refractivity contribution in [1.29, 1.82) is 0 Å². The number of carbonyl (C=O) groups excluding carboxylic acids is 1. The molecule has 3 rings (SSSR count). The molecule has 0 bridgehead atoms. The van der Waals surface area contributed by atoms with Crippen LogP contribution in [-0.4, -0.2) is 16.1 Å². The van der Waals surface area contributed by atoms with Crippen molar-refractivity contribution in [2.75, 3.05) is 5.32 Å². The third kappa shape index (κ3) is 4.78. The van der Waals surface area contributed by atoms with Gasteiger partial charge in [-0.05, 0) is 24.5 Å². The van der Waals surface area contributed by atoms with Crippen LogP contribution in [0, 0.1) is 0 Å². The zero-order valence-corrected chi connectivity index (χ0v) is 14.3. The van der Waals surface area contributed by atoms with Crippen molar-refractivity contribution in [1.82, 2.24) is 10.2 Å². The van der Waals surface area contributed by atoms with Crippen molar-refractivity contribution in [2.24, 2.45) is 0 Å². The van der Waals surface area contributed by atoms with Crippen molar-refractivity contribution in [3.8, 4) is 0 Å². The van der Waals surface area contributed by atoms with Crippen LogP contribution >= 0.6 is 11.3 Å². The molecular formula is C17H18F3N3OS. The first-order chi connectivity index (χ1) is 11.9. The first kappa shape index (κ1) is 17.8. The van der Waals surface area contributed by atoms with Crippen molar-refractivity contribution in [3.63, 3.8) is 0 Å². The second-order valence-corrected chi connectivity index (χ2v) is 7.21. The highest BCUT2D eigenvalue weighted by Gasteiger charge is 2.30. The van der Waals surface area contributed by atoms with Crippen LogP contribution < -0.4 is 5.32 Å². The maximum Gasteiger partial charge on any atom is 0.416 e. The lowest BCUT2D eigenvalue weighted by atomic mass is 9.90. The predicted molar refractivity (Wildman–Crippen MR) is 89.5 cm³/mol. The molecular weight excluding hydrogens is 351 g/mol. The highest BCUT2D eigenvalue weighted by molar-refractivity contribution is 7.15. The van der Waals surface area contributed by atoms with E-state index in [1.165, 1.54) is 42.7 Å². The van der Waals surface area contributed by atoms with Crippen molar-refractivity contribution in [2.45, 2.75) is 50.6 Å². The summed E-state index contributed by atoms with van der Waals surface area (Å²) < 4.78 is 38.1. The maximum absolute atomic E-state index is 12.7. The number of amides is 1. The van der Waals surface area contributed by atoms with Gasteiger partial charge >= 0.3 is 6.18 Å². The van der Waals surface area contributed by atoms with E-state index in [1.807, 2.05) is 0 Å². The molecule has 0 radical (unpaired) electrons. The van der Waals surface area contributed by atoms with Gasteiger partial charge in [-0.2, -0.15) is 13.2 Å². The molecule has 2 aromatic rings. The van der Waals surface area contributed by atoms with E-state index in [1.54, 1.807) is 0 Å². The van der Waals surface area contributed by atoms with Gasteiger partial charge in [0.2, 0.25) is 11.0 Å². The number of alkyl halides is 3. The number of rotatable bonds is 4. The number of hydrogen-bond donors (Lipinski definition) is 1. The fourth-order valence-corrected chi connectivity index (χ4v) is 3.93. The first-order valence-electron chi connectivity index (χ1n) is 8.21. The molecule has 1 aliphatic rings. The molecule has 8 heteroatoms. The van der Waals surface area contributed by atoms with Crippen LogP contribution in [0.15, 0.2) is 24.3 Å². The molecule has 1 aliphatic carbocycles. The average molecular weight is 369 g/mol. The number of carbonyl (C=O) groups is 1. The van der Waals surface area contributed by atoms with Crippen molar-refractivity contribution in [3.05, 3.63) is 40.4 Å². The Balaban J connectivity index is 1.60. The van der Waals surface area contributed by atoms with Gasteiger partial charge in [-0.1, -0.05) is 48.8 Å². The molecule has 1 amide bonds. The number of halogens is 3. The molecule has 1 N–H and O–H groups in total. The van der Waals surface area contributed by atoms with E-state index in [4.69, 9.17) is 0 Å². The van der Waals surface area contributed by atoms with Crippen LogP contribution in [0.5, 0.6) is 0 Å². The summed E-state index contributed by atoms with van der Waals surface area (Å²) in [4.78, 5) is 12.1. The lowest BCUT2D eigenvalue weighted by Crippen LogP contribution is -2.15. The van der Waals surface area contributed by atoms with E-state index in [9.17, 15) is 18.0 Å². The number of benzene rings is 1. The average Bonchev–Trinajstić information content (AvgIpc) is 3.03. The number of hydrogen-bond acceptors (Lipinski definition) is 4. The Morgan fingerprint density at radius 3 is 2.68 bits per heavy atom. The number of nitrogens with zero attached hydrogens (tertiary/aromatic N) is 2. The minimum absolute atomic E-state index is 0.137. The zero-order valence-electron chi connectivity index (χ0n) is 13.5. The monoisotopic (exact) mass is 369 g/mol. The number of nitrogens with one attached hydrogen (secondary N) is 1. The Morgan fingerprint density at radius 1 is 1.20 bits per heavy atom. The molecule has 0 spiro atoms. The van der Waals surface area contributed by atoms with Gasteiger partial charge in [0, 0.05) is 5.92 Å². The molecule has 0 unspecified atom stereocenters. The smallest absolute Gasteiger partial charge is 0.300 e. The van der Waals surface area contributed by atoms with Gasteiger partial charge in [-0.25, -0.2) is 0 Å².